The van der Waals surface area contributed by atoms with Gasteiger partial charge in [-0.3, -0.25) is 4.79 Å². The topological polar surface area (TPSA) is 44.8 Å². The molecule has 0 amide bonds. The van der Waals surface area contributed by atoms with Crippen LogP contribution in [0.3, 0.4) is 0 Å². The van der Waals surface area contributed by atoms with E-state index in [1.165, 1.54) is 21.3 Å². The first-order chi connectivity index (χ1) is 11.1. The zero-order valence-electron chi connectivity index (χ0n) is 13.8. The quantitative estimate of drug-likeness (QED) is 0.599. The second kappa shape index (κ2) is 7.49. The molecule has 4 nitrogen and oxygen atoms in total. The van der Waals surface area contributed by atoms with Crippen LogP contribution in [0.15, 0.2) is 42.5 Å². The van der Waals surface area contributed by atoms with Crippen molar-refractivity contribution in [2.45, 2.75) is 6.92 Å². The van der Waals surface area contributed by atoms with Crippen LogP contribution in [0.2, 0.25) is 0 Å². The van der Waals surface area contributed by atoms with Crippen molar-refractivity contribution in [1.29, 1.82) is 0 Å². The van der Waals surface area contributed by atoms with E-state index in [0.717, 1.165) is 11.1 Å². The van der Waals surface area contributed by atoms with Crippen molar-refractivity contribution >= 4 is 11.9 Å². The van der Waals surface area contributed by atoms with E-state index in [1.54, 1.807) is 24.3 Å². The number of allylic oxidation sites excluding steroid dienone is 1. The third-order valence-electron chi connectivity index (χ3n) is 3.55. The van der Waals surface area contributed by atoms with Crippen LogP contribution in [0.25, 0.3) is 6.08 Å². The number of methoxy groups -OCH3 is 3. The molecule has 0 saturated carbocycles. The van der Waals surface area contributed by atoms with Crippen molar-refractivity contribution < 1.29 is 19.0 Å². The van der Waals surface area contributed by atoms with Crippen molar-refractivity contribution in [3.05, 3.63) is 59.2 Å². The molecule has 0 aromatic heterocycles. The van der Waals surface area contributed by atoms with Gasteiger partial charge in [-0.1, -0.05) is 30.3 Å². The lowest BCUT2D eigenvalue weighted by Gasteiger charge is -2.13. The third-order valence-corrected chi connectivity index (χ3v) is 3.55. The summed E-state index contributed by atoms with van der Waals surface area (Å²) in [5.41, 5.74) is 2.60. The Labute approximate surface area is 136 Å². The van der Waals surface area contributed by atoms with Crippen molar-refractivity contribution in [2.75, 3.05) is 21.3 Å². The van der Waals surface area contributed by atoms with Crippen molar-refractivity contribution in [3.8, 4) is 17.2 Å². The molecule has 0 atom stereocenters. The average molecular weight is 312 g/mol. The van der Waals surface area contributed by atoms with E-state index in [2.05, 4.69) is 0 Å². The van der Waals surface area contributed by atoms with Gasteiger partial charge in [0.05, 0.1) is 21.3 Å². The Morgan fingerprint density at radius 2 is 1.57 bits per heavy atom. The van der Waals surface area contributed by atoms with E-state index in [-0.39, 0.29) is 5.78 Å². The highest BCUT2D eigenvalue weighted by atomic mass is 16.5. The van der Waals surface area contributed by atoms with Gasteiger partial charge in [0.15, 0.2) is 17.3 Å². The molecule has 2 rings (SSSR count). The van der Waals surface area contributed by atoms with Gasteiger partial charge in [0, 0.05) is 5.56 Å². The van der Waals surface area contributed by atoms with E-state index < -0.39 is 0 Å². The fourth-order valence-electron chi connectivity index (χ4n) is 2.26. The Hall–Kier alpha value is -2.75. The number of ketones is 1. The number of hydrogen-bond donors (Lipinski definition) is 0. The summed E-state index contributed by atoms with van der Waals surface area (Å²) in [5, 5.41) is 0. The van der Waals surface area contributed by atoms with Gasteiger partial charge >= 0.3 is 0 Å². The summed E-state index contributed by atoms with van der Waals surface area (Å²) in [5.74, 6) is 1.25. The van der Waals surface area contributed by atoms with E-state index in [1.807, 2.05) is 31.2 Å². The lowest BCUT2D eigenvalue weighted by Crippen LogP contribution is -2.00. The molecular formula is C19H20O4. The summed E-state index contributed by atoms with van der Waals surface area (Å²) >= 11 is 0. The fraction of sp³-hybridized carbons (Fsp3) is 0.211. The van der Waals surface area contributed by atoms with E-state index in [0.29, 0.717) is 22.8 Å². The predicted octanol–water partition coefficient (Wildman–Crippen LogP) is 3.92. The maximum absolute atomic E-state index is 12.4. The number of benzene rings is 2. The summed E-state index contributed by atoms with van der Waals surface area (Å²) in [6, 6.07) is 11.2. The first kappa shape index (κ1) is 16.6. The first-order valence-electron chi connectivity index (χ1n) is 7.18. The molecule has 0 aliphatic heterocycles. The van der Waals surface area contributed by atoms with Crippen LogP contribution in [0.5, 0.6) is 17.2 Å². The lowest BCUT2D eigenvalue weighted by molar-refractivity contribution is 0.104. The van der Waals surface area contributed by atoms with Crippen LogP contribution >= 0.6 is 0 Å². The molecule has 0 aliphatic rings. The normalized spacial score (nSPS) is 10.6. The number of carbonyl (C=O) groups excluding carboxylic acids is 1. The van der Waals surface area contributed by atoms with Gasteiger partial charge in [-0.2, -0.15) is 0 Å². The van der Waals surface area contributed by atoms with Crippen molar-refractivity contribution in [1.82, 2.24) is 0 Å². The zero-order valence-corrected chi connectivity index (χ0v) is 13.8. The number of carbonyl (C=O) groups is 1. The summed E-state index contributed by atoms with van der Waals surface area (Å²) in [4.78, 5) is 12.4. The molecule has 0 radical (unpaired) electrons. The van der Waals surface area contributed by atoms with Crippen LogP contribution in [-0.2, 0) is 0 Å². The molecule has 0 unspecified atom stereocenters. The maximum atomic E-state index is 12.4. The highest BCUT2D eigenvalue weighted by Gasteiger charge is 2.15. The second-order valence-electron chi connectivity index (χ2n) is 4.97. The molecule has 120 valence electrons. The monoisotopic (exact) mass is 312 g/mol. The Bertz CT molecular complexity index is 707. The molecule has 4 heteroatoms. The van der Waals surface area contributed by atoms with Crippen LogP contribution in [0.4, 0.5) is 0 Å². The fourth-order valence-corrected chi connectivity index (χ4v) is 2.26. The molecular weight excluding hydrogens is 292 g/mol. The van der Waals surface area contributed by atoms with Gasteiger partial charge in [0.1, 0.15) is 0 Å². The van der Waals surface area contributed by atoms with Crippen LogP contribution in [0.1, 0.15) is 21.5 Å². The zero-order chi connectivity index (χ0) is 16.8. The average Bonchev–Trinajstić information content (AvgIpc) is 2.59. The SMILES string of the molecule is COc1cc(C(=O)/C=C/c2ccccc2C)cc(OC)c1OC. The molecule has 0 saturated heterocycles. The molecule has 2 aromatic carbocycles. The molecule has 0 N–H and O–H groups in total. The van der Waals surface area contributed by atoms with Gasteiger partial charge in [-0.15, -0.1) is 0 Å². The Morgan fingerprint density at radius 3 is 2.09 bits per heavy atom. The van der Waals surface area contributed by atoms with Crippen molar-refractivity contribution in [3.63, 3.8) is 0 Å². The van der Waals surface area contributed by atoms with Crippen LogP contribution in [-0.4, -0.2) is 27.1 Å². The van der Waals surface area contributed by atoms with Gasteiger partial charge in [-0.25, -0.2) is 0 Å². The summed E-state index contributed by atoms with van der Waals surface area (Å²) in [7, 11) is 4.57. The van der Waals surface area contributed by atoms with Gasteiger partial charge in [0.25, 0.3) is 0 Å². The molecule has 2 aromatic rings. The number of hydrogen-bond acceptors (Lipinski definition) is 4. The highest BCUT2D eigenvalue weighted by Crippen LogP contribution is 2.38. The van der Waals surface area contributed by atoms with E-state index in [9.17, 15) is 4.79 Å². The van der Waals surface area contributed by atoms with E-state index in [4.69, 9.17) is 14.2 Å². The maximum Gasteiger partial charge on any atom is 0.203 e. The second-order valence-corrected chi connectivity index (χ2v) is 4.97. The predicted molar refractivity (Wildman–Crippen MR) is 90.6 cm³/mol. The smallest absolute Gasteiger partial charge is 0.203 e. The standard InChI is InChI=1S/C19H20O4/c1-13-7-5-6-8-14(13)9-10-16(20)15-11-17(21-2)19(23-4)18(12-15)22-3/h5-12H,1-4H3/b10-9+. The minimum absolute atomic E-state index is 0.132. The summed E-state index contributed by atoms with van der Waals surface area (Å²) < 4.78 is 15.8. The summed E-state index contributed by atoms with van der Waals surface area (Å²) in [6.45, 7) is 2.00. The molecule has 0 fully saturated rings. The molecule has 23 heavy (non-hydrogen) atoms. The molecule has 0 aliphatic carbocycles. The van der Waals surface area contributed by atoms with Crippen LogP contribution in [0, 0.1) is 6.92 Å². The lowest BCUT2D eigenvalue weighted by atomic mass is 10.1. The largest absolute Gasteiger partial charge is 0.493 e. The molecule has 0 spiro atoms. The number of rotatable bonds is 6. The van der Waals surface area contributed by atoms with Crippen LogP contribution < -0.4 is 14.2 Å². The van der Waals surface area contributed by atoms with E-state index >= 15 is 0 Å². The number of ether oxygens (including phenoxy) is 3. The Morgan fingerprint density at radius 1 is 0.957 bits per heavy atom. The minimum atomic E-state index is -0.132. The Balaban J connectivity index is 2.34. The first-order valence-corrected chi connectivity index (χ1v) is 7.18. The van der Waals surface area contributed by atoms with Crippen molar-refractivity contribution in [2.24, 2.45) is 0 Å². The Kier molecular flexibility index (Phi) is 5.41. The highest BCUT2D eigenvalue weighted by molar-refractivity contribution is 6.07. The molecule has 0 heterocycles. The molecule has 0 bridgehead atoms. The minimum Gasteiger partial charge on any atom is -0.493 e. The van der Waals surface area contributed by atoms with Gasteiger partial charge < -0.3 is 14.2 Å². The number of aryl methyl sites for hydroxylation is 1. The van der Waals surface area contributed by atoms with Gasteiger partial charge in [0.2, 0.25) is 5.75 Å². The third kappa shape index (κ3) is 3.72. The summed E-state index contributed by atoms with van der Waals surface area (Å²) in [6.07, 6.45) is 3.35. The van der Waals surface area contributed by atoms with Gasteiger partial charge in [-0.05, 0) is 36.3 Å².